The number of thiophene rings is 1. The van der Waals surface area contributed by atoms with Crippen molar-refractivity contribution in [3.63, 3.8) is 0 Å². The van der Waals surface area contributed by atoms with Crippen LogP contribution >= 0.6 is 11.3 Å². The van der Waals surface area contributed by atoms with E-state index in [0.29, 0.717) is 5.82 Å². The van der Waals surface area contributed by atoms with Crippen LogP contribution in [0.2, 0.25) is 0 Å². The average molecular weight is 414 g/mol. The van der Waals surface area contributed by atoms with Gasteiger partial charge in [-0.15, -0.1) is 16.4 Å². The lowest BCUT2D eigenvalue weighted by Gasteiger charge is -2.24. The molecule has 1 aliphatic rings. The lowest BCUT2D eigenvalue weighted by atomic mass is 10.0. The van der Waals surface area contributed by atoms with Gasteiger partial charge in [-0.05, 0) is 24.6 Å². The summed E-state index contributed by atoms with van der Waals surface area (Å²) in [5.41, 5.74) is 4.65. The highest BCUT2D eigenvalue weighted by molar-refractivity contribution is 7.19. The lowest BCUT2D eigenvalue weighted by Crippen LogP contribution is -3.10. The first-order valence-electron chi connectivity index (χ1n) is 10.2. The number of benzene rings is 1. The van der Waals surface area contributed by atoms with Gasteiger partial charge in [0.1, 0.15) is 23.7 Å². The van der Waals surface area contributed by atoms with E-state index in [2.05, 4.69) is 35.3 Å². The molecule has 0 saturated heterocycles. The zero-order valence-corrected chi connectivity index (χ0v) is 17.5. The molecule has 1 unspecified atom stereocenters. The van der Waals surface area contributed by atoms with Gasteiger partial charge in [-0.25, -0.2) is 9.97 Å². The summed E-state index contributed by atoms with van der Waals surface area (Å²) in [6.07, 6.45) is 4.62. The van der Waals surface area contributed by atoms with Crippen LogP contribution in [0.4, 0.5) is 0 Å². The third-order valence-corrected chi connectivity index (χ3v) is 6.95. The van der Waals surface area contributed by atoms with Gasteiger partial charge in [-0.2, -0.15) is 4.52 Å². The Morgan fingerprint density at radius 1 is 1.10 bits per heavy atom. The van der Waals surface area contributed by atoms with Gasteiger partial charge in [0.2, 0.25) is 0 Å². The highest BCUT2D eigenvalue weighted by Crippen LogP contribution is 2.34. The van der Waals surface area contributed by atoms with Crippen LogP contribution in [0.5, 0.6) is 0 Å². The third-order valence-electron chi connectivity index (χ3n) is 5.83. The SMILES string of the molecule is Cc1nc2sc3c(c2c2nc(-c4cccnc4)nn12)CC[NH+](Cc1ccccc1)C3. The molecule has 0 spiro atoms. The van der Waals surface area contributed by atoms with E-state index in [0.717, 1.165) is 47.9 Å². The van der Waals surface area contributed by atoms with E-state index in [9.17, 15) is 0 Å². The number of quaternary nitrogens is 1. The molecule has 30 heavy (non-hydrogen) atoms. The molecule has 1 atom stereocenters. The molecular weight excluding hydrogens is 392 g/mol. The zero-order valence-electron chi connectivity index (χ0n) is 16.7. The summed E-state index contributed by atoms with van der Waals surface area (Å²) in [6.45, 7) is 5.23. The minimum Gasteiger partial charge on any atom is -0.326 e. The monoisotopic (exact) mass is 413 g/mol. The van der Waals surface area contributed by atoms with Crippen LogP contribution < -0.4 is 4.90 Å². The molecule has 5 aromatic rings. The number of rotatable bonds is 3. The average Bonchev–Trinajstić information content (AvgIpc) is 3.36. The van der Waals surface area contributed by atoms with Crippen molar-refractivity contribution in [2.24, 2.45) is 0 Å². The minimum absolute atomic E-state index is 0.701. The van der Waals surface area contributed by atoms with E-state index < -0.39 is 0 Å². The molecular formula is C23H21N6S+. The Morgan fingerprint density at radius 2 is 2.00 bits per heavy atom. The van der Waals surface area contributed by atoms with Crippen LogP contribution in [-0.4, -0.2) is 31.1 Å². The molecule has 6 rings (SSSR count). The molecule has 1 aliphatic heterocycles. The van der Waals surface area contributed by atoms with Crippen molar-refractivity contribution < 1.29 is 4.90 Å². The Morgan fingerprint density at radius 3 is 2.83 bits per heavy atom. The van der Waals surface area contributed by atoms with E-state index >= 15 is 0 Å². The van der Waals surface area contributed by atoms with E-state index in [-0.39, 0.29) is 0 Å². The second-order valence-corrected chi connectivity index (χ2v) is 8.93. The van der Waals surface area contributed by atoms with Gasteiger partial charge in [-0.3, -0.25) is 4.98 Å². The van der Waals surface area contributed by atoms with Gasteiger partial charge in [0.15, 0.2) is 11.5 Å². The Bertz CT molecular complexity index is 1360. The van der Waals surface area contributed by atoms with Crippen molar-refractivity contribution in [1.29, 1.82) is 0 Å². The van der Waals surface area contributed by atoms with Gasteiger partial charge in [0.25, 0.3) is 0 Å². The number of hydrogen-bond donors (Lipinski definition) is 1. The summed E-state index contributed by atoms with van der Waals surface area (Å²) < 4.78 is 1.89. The molecule has 0 radical (unpaired) electrons. The standard InChI is InChI=1S/C23H20N6S/c1-15-25-23-20(22-26-21(27-29(15)22)17-8-5-10-24-12-17)18-9-11-28(14-19(18)30-23)13-16-6-3-2-4-7-16/h2-8,10,12H,9,11,13-14H2,1H3/p+1. The minimum atomic E-state index is 0.701. The van der Waals surface area contributed by atoms with Crippen molar-refractivity contribution in [3.8, 4) is 11.4 Å². The largest absolute Gasteiger partial charge is 0.326 e. The van der Waals surface area contributed by atoms with Crippen molar-refractivity contribution in [3.05, 3.63) is 76.7 Å². The van der Waals surface area contributed by atoms with Gasteiger partial charge < -0.3 is 4.90 Å². The molecule has 6 nitrogen and oxygen atoms in total. The van der Waals surface area contributed by atoms with Crippen molar-refractivity contribution in [1.82, 2.24) is 24.6 Å². The predicted octanol–water partition coefficient (Wildman–Crippen LogP) is 2.85. The fourth-order valence-electron chi connectivity index (χ4n) is 4.38. The highest BCUT2D eigenvalue weighted by Gasteiger charge is 2.27. The summed E-state index contributed by atoms with van der Waals surface area (Å²) in [4.78, 5) is 18.1. The lowest BCUT2D eigenvalue weighted by molar-refractivity contribution is -0.929. The smallest absolute Gasteiger partial charge is 0.183 e. The van der Waals surface area contributed by atoms with E-state index in [4.69, 9.17) is 15.1 Å². The summed E-state index contributed by atoms with van der Waals surface area (Å²) in [7, 11) is 0. The summed E-state index contributed by atoms with van der Waals surface area (Å²) in [5.74, 6) is 1.57. The quantitative estimate of drug-likeness (QED) is 0.494. The van der Waals surface area contributed by atoms with E-state index in [1.54, 1.807) is 11.1 Å². The van der Waals surface area contributed by atoms with Crippen molar-refractivity contribution in [2.45, 2.75) is 26.4 Å². The Balaban J connectivity index is 1.43. The van der Waals surface area contributed by atoms with Gasteiger partial charge >= 0.3 is 0 Å². The first-order valence-corrected chi connectivity index (χ1v) is 11.0. The molecule has 1 aromatic carbocycles. The number of fused-ring (bicyclic) bond motifs is 5. The molecule has 4 aromatic heterocycles. The van der Waals surface area contributed by atoms with E-state index in [1.807, 2.05) is 41.1 Å². The maximum Gasteiger partial charge on any atom is 0.183 e. The number of pyridine rings is 1. The normalized spacial score (nSPS) is 16.2. The number of nitrogens with zero attached hydrogens (tertiary/aromatic N) is 5. The molecule has 0 saturated carbocycles. The van der Waals surface area contributed by atoms with Gasteiger partial charge in [0, 0.05) is 29.9 Å². The molecule has 5 heterocycles. The topological polar surface area (TPSA) is 60.4 Å². The van der Waals surface area contributed by atoms with Crippen LogP contribution in [-0.2, 0) is 19.5 Å². The van der Waals surface area contributed by atoms with Gasteiger partial charge in [0.05, 0.1) is 16.8 Å². The first kappa shape index (κ1) is 17.7. The van der Waals surface area contributed by atoms with Crippen LogP contribution in [0.1, 0.15) is 21.8 Å². The van der Waals surface area contributed by atoms with Crippen LogP contribution in [0.15, 0.2) is 54.9 Å². The van der Waals surface area contributed by atoms with Crippen LogP contribution in [0.25, 0.3) is 27.3 Å². The molecule has 0 aliphatic carbocycles. The molecule has 0 amide bonds. The van der Waals surface area contributed by atoms with Gasteiger partial charge in [-0.1, -0.05) is 30.3 Å². The molecule has 148 valence electrons. The number of hydrogen-bond acceptors (Lipinski definition) is 5. The molecule has 0 fully saturated rings. The van der Waals surface area contributed by atoms with Crippen molar-refractivity contribution >= 4 is 27.2 Å². The second-order valence-electron chi connectivity index (χ2n) is 7.84. The summed E-state index contributed by atoms with van der Waals surface area (Å²) in [6, 6.07) is 14.7. The second kappa shape index (κ2) is 6.97. The Kier molecular flexibility index (Phi) is 4.11. The Labute approximate surface area is 177 Å². The number of aromatic nitrogens is 5. The third kappa shape index (κ3) is 2.89. The maximum absolute atomic E-state index is 4.91. The zero-order chi connectivity index (χ0) is 20.1. The summed E-state index contributed by atoms with van der Waals surface area (Å²) >= 11 is 1.82. The number of nitrogens with one attached hydrogen (secondary N) is 1. The maximum atomic E-state index is 4.91. The van der Waals surface area contributed by atoms with Crippen LogP contribution in [0, 0.1) is 6.92 Å². The van der Waals surface area contributed by atoms with E-state index in [1.165, 1.54) is 21.4 Å². The molecule has 0 bridgehead atoms. The fraction of sp³-hybridized carbons (Fsp3) is 0.217. The molecule has 1 N–H and O–H groups in total. The predicted molar refractivity (Wildman–Crippen MR) is 118 cm³/mol. The number of aryl methyl sites for hydroxylation is 1. The van der Waals surface area contributed by atoms with Crippen molar-refractivity contribution in [2.75, 3.05) is 6.54 Å². The Hall–Kier alpha value is -3.16. The first-order chi connectivity index (χ1) is 14.8. The molecule has 7 heteroatoms. The fourth-order valence-corrected chi connectivity index (χ4v) is 5.71. The van der Waals surface area contributed by atoms with Crippen LogP contribution in [0.3, 0.4) is 0 Å². The summed E-state index contributed by atoms with van der Waals surface area (Å²) in [5, 5.41) is 5.92. The highest BCUT2D eigenvalue weighted by atomic mass is 32.1.